The Morgan fingerprint density at radius 3 is 1.26 bits per heavy atom. The minimum absolute atomic E-state index is 0.0174. The molecule has 0 bridgehead atoms. The molecule has 1 aromatic heterocycles. The van der Waals surface area contributed by atoms with E-state index >= 15 is 0 Å². The number of para-hydroxylation sites is 2. The first-order valence-electron chi connectivity index (χ1n) is 18.5. The second kappa shape index (κ2) is 15.1. The smallest absolute Gasteiger partial charge is 0.135 e. The number of benzene rings is 7. The van der Waals surface area contributed by atoms with Gasteiger partial charge in [-0.15, -0.1) is 43.4 Å². The summed E-state index contributed by atoms with van der Waals surface area (Å²) in [5.74, 6) is -0.152. The van der Waals surface area contributed by atoms with Gasteiger partial charge in [-0.05, 0) is 79.2 Å². The van der Waals surface area contributed by atoms with E-state index in [1.807, 2.05) is 0 Å². The van der Waals surface area contributed by atoms with Crippen LogP contribution in [-0.2, 0) is 5.50 Å². The number of aliphatic hydroxyl groups is 1. The minimum atomic E-state index is -2.54. The molecule has 0 saturated heterocycles. The standard InChI is InChI=1S/C41H13B17N2O/c42-26-21(27(43)33(49)38(54)32(26)48)14-10-8-13(9-11-14)19-22-24(30(46)36(52)34(50)28(22)44)20(25-23(19)29(45)35(51)37(53)31(25)47)15-4-3-5-16(12-15)60-18-7-2-1-6-17(18)59-39(60)40(55,61)41(56,57)58/h1-12,61H. The Balaban J connectivity index is 1.51. The van der Waals surface area contributed by atoms with Gasteiger partial charge in [0.15, 0.2) is 0 Å². The van der Waals surface area contributed by atoms with Crippen molar-refractivity contribution in [3.05, 3.63) is 78.6 Å². The zero-order valence-corrected chi connectivity index (χ0v) is 32.6. The summed E-state index contributed by atoms with van der Waals surface area (Å²) in [7, 11) is 110. The molecular formula is C41H13B17N2O. The van der Waals surface area contributed by atoms with Gasteiger partial charge in [0.05, 0.1) is 40.1 Å². The molecular weight excluding hydrogens is 720 g/mol. The fourth-order valence-electron chi connectivity index (χ4n) is 8.03. The van der Waals surface area contributed by atoms with Crippen LogP contribution < -0.4 is 71.0 Å². The average Bonchev–Trinajstić information content (AvgIpc) is 3.64. The molecule has 34 radical (unpaired) electrons. The summed E-state index contributed by atoms with van der Waals surface area (Å²) in [6.07, 6.45) is 0. The first-order valence-corrected chi connectivity index (χ1v) is 18.5. The van der Waals surface area contributed by atoms with E-state index in [-0.39, 0.29) is 76.8 Å². The van der Waals surface area contributed by atoms with E-state index in [0.29, 0.717) is 71.6 Å². The molecule has 0 aliphatic rings. The molecule has 244 valence electrons. The van der Waals surface area contributed by atoms with Crippen molar-refractivity contribution in [1.82, 2.24) is 9.55 Å². The first-order chi connectivity index (χ1) is 28.6. The summed E-state index contributed by atoms with van der Waals surface area (Å²) in [4.78, 5) is 4.60. The second-order valence-corrected chi connectivity index (χ2v) is 15.1. The second-order valence-electron chi connectivity index (χ2n) is 15.1. The van der Waals surface area contributed by atoms with Gasteiger partial charge in [-0.2, -0.15) is 0 Å². The van der Waals surface area contributed by atoms with Crippen LogP contribution in [0.15, 0.2) is 72.8 Å². The van der Waals surface area contributed by atoms with Gasteiger partial charge in [-0.3, -0.25) is 4.57 Å². The molecule has 1 N–H and O–H groups in total. The van der Waals surface area contributed by atoms with Crippen LogP contribution in [-0.4, -0.2) is 148 Å². The minimum Gasteiger partial charge on any atom is -0.394 e. The summed E-state index contributed by atoms with van der Waals surface area (Å²) in [5.41, 5.74) is 2.73. The van der Waals surface area contributed by atoms with E-state index in [0.717, 1.165) is 0 Å². The highest BCUT2D eigenvalue weighted by Gasteiger charge is 2.39. The molecule has 0 aliphatic heterocycles. The van der Waals surface area contributed by atoms with E-state index in [9.17, 15) is 5.11 Å². The Bertz CT molecular complexity index is 3080. The molecule has 3 nitrogen and oxygen atoms in total. The Hall–Kier alpha value is -4.41. The van der Waals surface area contributed by atoms with E-state index < -0.39 is 10.6 Å². The molecule has 7 aromatic carbocycles. The molecule has 8 aromatic rings. The molecule has 8 rings (SSSR count). The van der Waals surface area contributed by atoms with Crippen molar-refractivity contribution in [3.63, 3.8) is 0 Å². The predicted octanol–water partition coefficient (Wildman–Crippen LogP) is -7.45. The number of imidazole rings is 1. The summed E-state index contributed by atoms with van der Waals surface area (Å²) in [5, 5.41) is 10.7. The van der Waals surface area contributed by atoms with Crippen LogP contribution in [0.2, 0.25) is 5.11 Å². The molecule has 1 atom stereocenters. The maximum absolute atomic E-state index is 11.5. The molecule has 0 fully saturated rings. The predicted molar refractivity (Wildman–Crippen MR) is 272 cm³/mol. The topological polar surface area (TPSA) is 38.0 Å². The maximum atomic E-state index is 11.5. The fraction of sp³-hybridized carbons (Fsp3) is 0.0488. The van der Waals surface area contributed by atoms with Crippen LogP contribution in [0.1, 0.15) is 5.82 Å². The van der Waals surface area contributed by atoms with Crippen LogP contribution in [0.4, 0.5) is 0 Å². The molecule has 0 saturated carbocycles. The highest BCUT2D eigenvalue weighted by molar-refractivity contribution is 6.72. The molecule has 0 aliphatic carbocycles. The number of nitrogens with zero attached hydrogens (tertiary/aromatic N) is 2. The van der Waals surface area contributed by atoms with E-state index in [2.05, 4.69) is 4.98 Å². The lowest BCUT2D eigenvalue weighted by molar-refractivity contribution is 0.118. The average molecular weight is 733 g/mol. The third-order valence-corrected chi connectivity index (χ3v) is 11.4. The normalized spacial score (nSPS) is 12.9. The Morgan fingerprint density at radius 1 is 0.410 bits per heavy atom. The highest BCUT2D eigenvalue weighted by Crippen LogP contribution is 2.43. The van der Waals surface area contributed by atoms with Crippen LogP contribution in [0, 0.1) is 0 Å². The number of rotatable bonds is 6. The molecule has 20 heteroatoms. The fourth-order valence-corrected chi connectivity index (χ4v) is 8.03. The van der Waals surface area contributed by atoms with Gasteiger partial charge in [0.25, 0.3) is 0 Å². The van der Waals surface area contributed by atoms with Crippen molar-refractivity contribution >= 4 is 237 Å². The Labute approximate surface area is 377 Å². The number of hydrogen-bond acceptors (Lipinski definition) is 2. The molecule has 0 amide bonds. The van der Waals surface area contributed by atoms with E-state index in [4.69, 9.17) is 133 Å². The van der Waals surface area contributed by atoms with E-state index in [1.54, 1.807) is 77.4 Å². The molecule has 0 spiro atoms. The lowest BCUT2D eigenvalue weighted by atomic mass is 9.32. The lowest BCUT2D eigenvalue weighted by Crippen LogP contribution is -2.55. The van der Waals surface area contributed by atoms with Crippen LogP contribution in [0.3, 0.4) is 0 Å². The Kier molecular flexibility index (Phi) is 10.7. The third-order valence-electron chi connectivity index (χ3n) is 11.4. The number of aromatic nitrogens is 2. The van der Waals surface area contributed by atoms with E-state index in [1.165, 1.54) is 0 Å². The van der Waals surface area contributed by atoms with Gasteiger partial charge >= 0.3 is 0 Å². The zero-order chi connectivity index (χ0) is 44.4. The van der Waals surface area contributed by atoms with Crippen molar-refractivity contribution in [3.8, 4) is 39.1 Å². The van der Waals surface area contributed by atoms with Crippen LogP contribution >= 0.6 is 0 Å². The zero-order valence-electron chi connectivity index (χ0n) is 32.6. The molecule has 1 unspecified atom stereocenters. The Morgan fingerprint density at radius 2 is 0.803 bits per heavy atom. The maximum Gasteiger partial charge on any atom is 0.135 e. The van der Waals surface area contributed by atoms with Crippen LogP contribution in [0.25, 0.3) is 71.6 Å². The third kappa shape index (κ3) is 6.43. The summed E-state index contributed by atoms with van der Waals surface area (Å²) in [6.45, 7) is 0. The number of hydrogen-bond donors (Lipinski definition) is 1. The SMILES string of the molecule is [B]c1c([B])c([B])c(-c2ccc(-c3c4c([B])c([B])c([B])c([B])c4c(-c4cccc(-n5c(C([B])(O)C([B])([B])[B])nc6ccccc65)c4)c4c([B])c([B])c([B])c([B])c34)cc2)c([B])c1[B]. The summed E-state index contributed by atoms with van der Waals surface area (Å²) < 4.78 is 1.58. The first kappa shape index (κ1) is 43.3. The molecule has 1 heterocycles. The highest BCUT2D eigenvalue weighted by atomic mass is 16.3. The van der Waals surface area contributed by atoms with Crippen LogP contribution in [0.5, 0.6) is 0 Å². The van der Waals surface area contributed by atoms with Gasteiger partial charge in [0.1, 0.15) is 116 Å². The van der Waals surface area contributed by atoms with Gasteiger partial charge in [-0.1, -0.05) is 81.3 Å². The van der Waals surface area contributed by atoms with Crippen molar-refractivity contribution in [2.24, 2.45) is 0 Å². The largest absolute Gasteiger partial charge is 0.394 e. The van der Waals surface area contributed by atoms with Gasteiger partial charge in [-0.25, -0.2) is 4.98 Å². The van der Waals surface area contributed by atoms with Crippen molar-refractivity contribution in [2.75, 3.05) is 0 Å². The summed E-state index contributed by atoms with van der Waals surface area (Å²) in [6, 6.07) is 21.2. The summed E-state index contributed by atoms with van der Waals surface area (Å²) >= 11 is 0. The van der Waals surface area contributed by atoms with Crippen molar-refractivity contribution in [1.29, 1.82) is 0 Å². The lowest BCUT2D eigenvalue weighted by Gasteiger charge is -2.39. The number of fused-ring (bicyclic) bond motifs is 3. The van der Waals surface area contributed by atoms with Gasteiger partial charge in [0.2, 0.25) is 0 Å². The van der Waals surface area contributed by atoms with Crippen molar-refractivity contribution < 1.29 is 5.11 Å². The van der Waals surface area contributed by atoms with Gasteiger partial charge in [0, 0.05) is 5.69 Å². The molecule has 61 heavy (non-hydrogen) atoms. The monoisotopic (exact) mass is 736 g/mol. The quantitative estimate of drug-likeness (QED) is 0.137. The van der Waals surface area contributed by atoms with Gasteiger partial charge < -0.3 is 5.11 Å². The van der Waals surface area contributed by atoms with Crippen molar-refractivity contribution in [2.45, 2.75) is 10.6 Å².